The second kappa shape index (κ2) is 9.17. The highest BCUT2D eigenvalue weighted by Gasteiger charge is 2.11. The van der Waals surface area contributed by atoms with Gasteiger partial charge in [0.05, 0.1) is 12.7 Å². The number of nitrogens with zero attached hydrogens (tertiary/aromatic N) is 2. The number of carbonyl (C=O) groups excluding carboxylic acids is 1. The smallest absolute Gasteiger partial charge is 0.224 e. The molecule has 5 heteroatoms. The summed E-state index contributed by atoms with van der Waals surface area (Å²) in [5, 5.41) is 4.21. The van der Waals surface area contributed by atoms with Crippen molar-refractivity contribution in [1.82, 2.24) is 19.9 Å². The summed E-state index contributed by atoms with van der Waals surface area (Å²) >= 11 is 0. The van der Waals surface area contributed by atoms with E-state index in [-0.39, 0.29) is 5.91 Å². The molecular weight excluding hydrogens is 408 g/mol. The van der Waals surface area contributed by atoms with E-state index < -0.39 is 0 Å². The van der Waals surface area contributed by atoms with Gasteiger partial charge >= 0.3 is 0 Å². The van der Waals surface area contributed by atoms with Crippen molar-refractivity contribution in [1.29, 1.82) is 0 Å². The second-order valence-corrected chi connectivity index (χ2v) is 8.41. The number of hydrogen-bond donors (Lipinski definition) is 2. The number of aryl methyl sites for hydroxylation is 1. The number of fused-ring (bicyclic) bond motifs is 1. The van der Waals surface area contributed by atoms with Crippen LogP contribution in [0.4, 0.5) is 0 Å². The Hall–Kier alpha value is -4.12. The Balaban J connectivity index is 1.26. The molecule has 5 aromatic rings. The van der Waals surface area contributed by atoms with Crippen molar-refractivity contribution in [3.05, 3.63) is 114 Å². The van der Waals surface area contributed by atoms with Gasteiger partial charge < -0.3 is 14.9 Å². The maximum atomic E-state index is 12.7. The number of carbonyl (C=O) groups is 1. The van der Waals surface area contributed by atoms with Crippen molar-refractivity contribution < 1.29 is 4.79 Å². The predicted octanol–water partition coefficient (Wildman–Crippen LogP) is 5.25. The predicted molar refractivity (Wildman–Crippen MR) is 132 cm³/mol. The summed E-state index contributed by atoms with van der Waals surface area (Å²) in [7, 11) is 0. The highest BCUT2D eigenvalue weighted by Crippen LogP contribution is 2.25. The Morgan fingerprint density at radius 1 is 1.03 bits per heavy atom. The molecule has 0 saturated carbocycles. The number of imidazole rings is 1. The van der Waals surface area contributed by atoms with Crippen LogP contribution in [0.2, 0.25) is 0 Å². The van der Waals surface area contributed by atoms with Crippen LogP contribution in [0, 0.1) is 6.92 Å². The molecule has 0 saturated heterocycles. The van der Waals surface area contributed by atoms with Crippen molar-refractivity contribution in [2.45, 2.75) is 26.4 Å². The van der Waals surface area contributed by atoms with Gasteiger partial charge in [-0.25, -0.2) is 4.98 Å². The first-order valence-corrected chi connectivity index (χ1v) is 11.1. The van der Waals surface area contributed by atoms with Crippen LogP contribution < -0.4 is 5.32 Å². The van der Waals surface area contributed by atoms with E-state index in [1.165, 1.54) is 11.1 Å². The zero-order valence-corrected chi connectivity index (χ0v) is 18.6. The van der Waals surface area contributed by atoms with Crippen molar-refractivity contribution in [3.63, 3.8) is 0 Å². The SMILES string of the molecule is Cc1ccc2c(CC(=O)NCc3ccccc3-c3ccc(Cn4ccnc4)cc3)c[nH]c2c1. The van der Waals surface area contributed by atoms with E-state index in [0.29, 0.717) is 13.0 Å². The van der Waals surface area contributed by atoms with Gasteiger partial charge in [0, 0.05) is 42.6 Å². The molecule has 0 aliphatic rings. The molecule has 1 amide bonds. The van der Waals surface area contributed by atoms with Crippen molar-refractivity contribution >= 4 is 16.8 Å². The van der Waals surface area contributed by atoms with Gasteiger partial charge in [0.15, 0.2) is 0 Å². The first-order chi connectivity index (χ1) is 16.2. The lowest BCUT2D eigenvalue weighted by Gasteiger charge is -2.12. The third-order valence-electron chi connectivity index (χ3n) is 5.96. The molecule has 5 nitrogen and oxygen atoms in total. The lowest BCUT2D eigenvalue weighted by atomic mass is 9.98. The molecule has 0 unspecified atom stereocenters. The van der Waals surface area contributed by atoms with E-state index in [1.807, 2.05) is 35.4 Å². The van der Waals surface area contributed by atoms with Crippen LogP contribution in [-0.2, 0) is 24.3 Å². The number of rotatable bonds is 7. The van der Waals surface area contributed by atoms with Crippen molar-refractivity contribution in [2.75, 3.05) is 0 Å². The van der Waals surface area contributed by atoms with E-state index in [0.717, 1.165) is 39.7 Å². The number of aromatic nitrogens is 3. The molecule has 0 spiro atoms. The third kappa shape index (κ3) is 4.72. The molecule has 2 heterocycles. The topological polar surface area (TPSA) is 62.7 Å². The summed E-state index contributed by atoms with van der Waals surface area (Å²) in [6.07, 6.45) is 7.86. The number of aromatic amines is 1. The molecule has 0 aliphatic heterocycles. The van der Waals surface area contributed by atoms with Gasteiger partial charge in [0.1, 0.15) is 0 Å². The van der Waals surface area contributed by atoms with E-state index in [1.54, 1.807) is 6.20 Å². The lowest BCUT2D eigenvalue weighted by molar-refractivity contribution is -0.120. The number of benzene rings is 3. The Labute approximate surface area is 193 Å². The molecule has 2 aromatic heterocycles. The Kier molecular flexibility index (Phi) is 5.77. The molecule has 0 aliphatic carbocycles. The van der Waals surface area contributed by atoms with Crippen LogP contribution in [0.25, 0.3) is 22.0 Å². The fraction of sp³-hybridized carbons (Fsp3) is 0.143. The first-order valence-electron chi connectivity index (χ1n) is 11.1. The molecule has 164 valence electrons. The molecule has 33 heavy (non-hydrogen) atoms. The zero-order chi connectivity index (χ0) is 22.6. The average Bonchev–Trinajstić information content (AvgIpc) is 3.48. The second-order valence-electron chi connectivity index (χ2n) is 8.41. The average molecular weight is 435 g/mol. The Morgan fingerprint density at radius 2 is 1.88 bits per heavy atom. The van der Waals surface area contributed by atoms with Gasteiger partial charge in [-0.15, -0.1) is 0 Å². The fourth-order valence-corrected chi connectivity index (χ4v) is 4.21. The molecule has 5 rings (SSSR count). The minimum absolute atomic E-state index is 0.0157. The Bertz CT molecular complexity index is 1380. The van der Waals surface area contributed by atoms with Crippen LogP contribution in [0.3, 0.4) is 0 Å². The van der Waals surface area contributed by atoms with Crippen LogP contribution >= 0.6 is 0 Å². The standard InChI is InChI=1S/C28H26N4O/c1-20-6-11-26-24(17-30-27(26)14-20)15-28(33)31-16-23-4-2-3-5-25(23)22-9-7-21(8-10-22)18-32-13-12-29-19-32/h2-14,17,19,30H,15-16,18H2,1H3,(H,31,33). The van der Waals surface area contributed by atoms with Gasteiger partial charge in [0.25, 0.3) is 0 Å². The van der Waals surface area contributed by atoms with Gasteiger partial charge in [-0.3, -0.25) is 4.79 Å². The summed E-state index contributed by atoms with van der Waals surface area (Å²) in [5.74, 6) is 0.0157. The van der Waals surface area contributed by atoms with Crippen LogP contribution in [-0.4, -0.2) is 20.4 Å². The van der Waals surface area contributed by atoms with Crippen molar-refractivity contribution in [2.24, 2.45) is 0 Å². The summed E-state index contributed by atoms with van der Waals surface area (Å²) in [4.78, 5) is 20.1. The number of nitrogens with one attached hydrogen (secondary N) is 2. The van der Waals surface area contributed by atoms with Gasteiger partial charge in [-0.1, -0.05) is 60.7 Å². The maximum Gasteiger partial charge on any atom is 0.224 e. The number of hydrogen-bond acceptors (Lipinski definition) is 2. The molecule has 0 radical (unpaired) electrons. The summed E-state index contributed by atoms with van der Waals surface area (Å²) in [5.41, 5.74) is 7.88. The van der Waals surface area contributed by atoms with Gasteiger partial charge in [-0.05, 0) is 46.4 Å². The summed E-state index contributed by atoms with van der Waals surface area (Å²) in [6, 6.07) is 23.1. The fourth-order valence-electron chi connectivity index (χ4n) is 4.21. The third-order valence-corrected chi connectivity index (χ3v) is 5.96. The summed E-state index contributed by atoms with van der Waals surface area (Å²) in [6.45, 7) is 3.36. The normalized spacial score (nSPS) is 11.1. The molecule has 0 atom stereocenters. The van der Waals surface area contributed by atoms with E-state index >= 15 is 0 Å². The molecular formula is C28H26N4O. The Morgan fingerprint density at radius 3 is 2.70 bits per heavy atom. The van der Waals surface area contributed by atoms with Crippen LogP contribution in [0.5, 0.6) is 0 Å². The monoisotopic (exact) mass is 434 g/mol. The lowest BCUT2D eigenvalue weighted by Crippen LogP contribution is -2.24. The molecule has 2 N–H and O–H groups in total. The largest absolute Gasteiger partial charge is 0.361 e. The number of H-pyrrole nitrogens is 1. The minimum atomic E-state index is 0.0157. The first kappa shape index (κ1) is 20.8. The van der Waals surface area contributed by atoms with Gasteiger partial charge in [-0.2, -0.15) is 0 Å². The minimum Gasteiger partial charge on any atom is -0.361 e. The zero-order valence-electron chi connectivity index (χ0n) is 18.6. The van der Waals surface area contributed by atoms with Crippen molar-refractivity contribution in [3.8, 4) is 11.1 Å². The van der Waals surface area contributed by atoms with Crippen LogP contribution in [0.15, 0.2) is 91.6 Å². The molecule has 0 bridgehead atoms. The van der Waals surface area contributed by atoms with E-state index in [9.17, 15) is 4.79 Å². The highest BCUT2D eigenvalue weighted by atomic mass is 16.1. The molecule has 0 fully saturated rings. The maximum absolute atomic E-state index is 12.7. The van der Waals surface area contributed by atoms with Crippen LogP contribution in [0.1, 0.15) is 22.3 Å². The number of amides is 1. The highest BCUT2D eigenvalue weighted by molar-refractivity contribution is 5.89. The summed E-state index contributed by atoms with van der Waals surface area (Å²) < 4.78 is 2.05. The van der Waals surface area contributed by atoms with Gasteiger partial charge in [0.2, 0.25) is 5.91 Å². The van der Waals surface area contributed by atoms with E-state index in [4.69, 9.17) is 0 Å². The van der Waals surface area contributed by atoms with E-state index in [2.05, 4.69) is 76.8 Å². The quantitative estimate of drug-likeness (QED) is 0.368. The molecule has 3 aromatic carbocycles.